The third-order valence-corrected chi connectivity index (χ3v) is 4.33. The fraction of sp³-hybridized carbons (Fsp3) is 0.500. The Kier molecular flexibility index (Phi) is 3.92. The van der Waals surface area contributed by atoms with Crippen LogP contribution in [-0.4, -0.2) is 52.7 Å². The molecule has 0 saturated carbocycles. The molecule has 1 saturated heterocycles. The Morgan fingerprint density at radius 2 is 2.36 bits per heavy atom. The summed E-state index contributed by atoms with van der Waals surface area (Å²) in [6.45, 7) is -0.552. The molecule has 0 aromatic carbocycles. The van der Waals surface area contributed by atoms with Crippen molar-refractivity contribution in [3.63, 3.8) is 0 Å². The van der Waals surface area contributed by atoms with Crippen LogP contribution in [0.1, 0.15) is 17.3 Å². The quantitative estimate of drug-likeness (QED) is 0.571. The molecule has 1 aromatic heterocycles. The van der Waals surface area contributed by atoms with E-state index in [2.05, 4.69) is 25.9 Å². The van der Waals surface area contributed by atoms with Crippen molar-refractivity contribution in [3.05, 3.63) is 15.7 Å². The van der Waals surface area contributed by atoms with Gasteiger partial charge in [-0.15, -0.1) is 0 Å². The van der Waals surface area contributed by atoms with E-state index >= 15 is 0 Å². The van der Waals surface area contributed by atoms with E-state index < -0.39 is 37.4 Å². The topological polar surface area (TPSA) is 131 Å². The summed E-state index contributed by atoms with van der Waals surface area (Å²) in [5.41, 5.74) is 6.59. The zero-order valence-corrected chi connectivity index (χ0v) is 12.7. The molecule has 1 unspecified atom stereocenters. The Morgan fingerprint density at radius 3 is 2.95 bits per heavy atom. The molecule has 22 heavy (non-hydrogen) atoms. The van der Waals surface area contributed by atoms with Crippen molar-refractivity contribution in [2.45, 2.75) is 30.8 Å². The molecule has 0 amide bonds. The van der Waals surface area contributed by atoms with Gasteiger partial charge in [-0.1, -0.05) is 0 Å². The van der Waals surface area contributed by atoms with Gasteiger partial charge in [0.25, 0.3) is 0 Å². The number of aliphatic imine (C=N–C) groups is 1. The highest BCUT2D eigenvalue weighted by Gasteiger charge is 2.48. The predicted molar refractivity (Wildman–Crippen MR) is 77.8 cm³/mol. The molecular weight excluding hydrogens is 361 g/mol. The van der Waals surface area contributed by atoms with Crippen LogP contribution in [0.15, 0.2) is 9.60 Å². The second kappa shape index (κ2) is 5.60. The first-order valence-corrected chi connectivity index (χ1v) is 7.26. The predicted octanol–water partition coefficient (Wildman–Crippen LogP) is -0.129. The maximum absolute atomic E-state index is 13.9. The van der Waals surface area contributed by atoms with E-state index in [-0.39, 0.29) is 5.56 Å². The second-order valence-corrected chi connectivity index (χ2v) is 5.78. The Bertz CT molecular complexity index is 660. The summed E-state index contributed by atoms with van der Waals surface area (Å²) in [7, 11) is 0. The molecule has 3 heterocycles. The van der Waals surface area contributed by atoms with Crippen molar-refractivity contribution in [1.29, 1.82) is 5.26 Å². The fourth-order valence-corrected chi connectivity index (χ4v) is 3.12. The summed E-state index contributed by atoms with van der Waals surface area (Å²) < 4.78 is 19.6. The number of aliphatic hydroxyl groups is 2. The molecule has 3 rings (SSSR count). The van der Waals surface area contributed by atoms with Crippen LogP contribution in [0.3, 0.4) is 0 Å². The largest absolute Gasteiger partial charge is 0.394 e. The summed E-state index contributed by atoms with van der Waals surface area (Å²) >= 11 is 3.22. The number of nitriles is 1. The number of aromatic amines is 1. The van der Waals surface area contributed by atoms with Crippen molar-refractivity contribution >= 4 is 28.1 Å². The molecule has 0 aliphatic carbocycles. The summed E-state index contributed by atoms with van der Waals surface area (Å²) in [6.07, 6.45) is -4.84. The average molecular weight is 374 g/mol. The van der Waals surface area contributed by atoms with Gasteiger partial charge in [0.1, 0.15) is 34.9 Å². The maximum Gasteiger partial charge on any atom is 0.166 e. The number of fused-ring (bicyclic) bond motifs is 1. The number of rotatable bonds is 2. The maximum atomic E-state index is 13.9. The number of aromatic nitrogens is 1. The molecule has 0 bridgehead atoms. The van der Waals surface area contributed by atoms with Crippen LogP contribution in [0, 0.1) is 11.3 Å². The minimum absolute atomic E-state index is 0.285. The Balaban J connectivity index is 2.01. The summed E-state index contributed by atoms with van der Waals surface area (Å²) in [5, 5.41) is 28.3. The van der Waals surface area contributed by atoms with Crippen molar-refractivity contribution < 1.29 is 19.3 Å². The molecule has 2 aliphatic heterocycles. The lowest BCUT2D eigenvalue weighted by molar-refractivity contribution is -0.00831. The van der Waals surface area contributed by atoms with Crippen molar-refractivity contribution in [3.8, 4) is 6.07 Å². The first-order chi connectivity index (χ1) is 10.5. The molecule has 0 radical (unpaired) electrons. The molecule has 1 fully saturated rings. The number of hydrogen-bond donors (Lipinski definition) is 4. The standard InChI is InChI=1S/C12H13BrFN5O3/c13-9-4(1-15)6-10(16)17-3-19(11(6)18-9)12-8(21)7(14)5(2-20)22-12/h3,5,7-8,10,12,18,20-21H,2,16H2/t5-,7-,8-,10?,12-/m1/s1. The van der Waals surface area contributed by atoms with E-state index in [0.717, 1.165) is 0 Å². The van der Waals surface area contributed by atoms with Crippen LogP contribution in [0.25, 0.3) is 0 Å². The normalized spacial score (nSPS) is 33.8. The highest BCUT2D eigenvalue weighted by Crippen LogP contribution is 2.39. The number of nitrogens with zero attached hydrogens (tertiary/aromatic N) is 3. The molecule has 5 N–H and O–H groups in total. The minimum Gasteiger partial charge on any atom is -0.394 e. The van der Waals surface area contributed by atoms with E-state index in [0.29, 0.717) is 16.0 Å². The summed E-state index contributed by atoms with van der Waals surface area (Å²) in [5.74, 6) is 0.390. The molecular formula is C12H13BrFN5O3. The van der Waals surface area contributed by atoms with Crippen LogP contribution in [-0.2, 0) is 4.74 Å². The van der Waals surface area contributed by atoms with Crippen molar-refractivity contribution in [2.75, 3.05) is 11.5 Å². The van der Waals surface area contributed by atoms with E-state index in [1.165, 1.54) is 11.2 Å². The molecule has 10 heteroatoms. The van der Waals surface area contributed by atoms with Crippen molar-refractivity contribution in [2.24, 2.45) is 10.7 Å². The molecule has 1 aromatic rings. The SMILES string of the molecule is N#Cc1c(Br)[nH]c2c1C(N)N=CN2[C@@H]1O[C@H](CO)[C@@H](F)[C@H]1O. The van der Waals surface area contributed by atoms with E-state index in [4.69, 9.17) is 15.6 Å². The van der Waals surface area contributed by atoms with Gasteiger partial charge in [0, 0.05) is 0 Å². The van der Waals surface area contributed by atoms with Gasteiger partial charge in [-0.25, -0.2) is 4.39 Å². The number of hydrogen-bond acceptors (Lipinski definition) is 7. The third-order valence-electron chi connectivity index (χ3n) is 3.73. The van der Waals surface area contributed by atoms with Gasteiger partial charge in [0.05, 0.1) is 24.1 Å². The van der Waals surface area contributed by atoms with Crippen LogP contribution < -0.4 is 10.6 Å². The average Bonchev–Trinajstić information content (AvgIpc) is 2.98. The zero-order chi connectivity index (χ0) is 16.0. The zero-order valence-electron chi connectivity index (χ0n) is 11.1. The van der Waals surface area contributed by atoms with Crippen molar-refractivity contribution in [1.82, 2.24) is 4.98 Å². The van der Waals surface area contributed by atoms with Gasteiger partial charge in [-0.05, 0) is 15.9 Å². The molecule has 2 aliphatic rings. The van der Waals surface area contributed by atoms with Gasteiger partial charge in [0.2, 0.25) is 0 Å². The Labute approximate surface area is 133 Å². The first-order valence-electron chi connectivity index (χ1n) is 6.46. The van der Waals surface area contributed by atoms with Crippen LogP contribution in [0.5, 0.6) is 0 Å². The van der Waals surface area contributed by atoms with E-state index in [1.54, 1.807) is 0 Å². The highest BCUT2D eigenvalue weighted by molar-refractivity contribution is 9.10. The Hall–Kier alpha value is -1.51. The number of aliphatic hydroxyl groups excluding tert-OH is 2. The molecule has 5 atom stereocenters. The van der Waals surface area contributed by atoms with Crippen LogP contribution in [0.2, 0.25) is 0 Å². The number of alkyl halides is 1. The lowest BCUT2D eigenvalue weighted by Crippen LogP contribution is -2.45. The second-order valence-electron chi connectivity index (χ2n) is 4.99. The number of anilines is 1. The number of nitrogens with two attached hydrogens (primary N) is 1. The first kappa shape index (κ1) is 15.4. The molecule has 0 spiro atoms. The minimum atomic E-state index is -1.73. The number of H-pyrrole nitrogens is 1. The number of nitrogens with one attached hydrogen (secondary N) is 1. The lowest BCUT2D eigenvalue weighted by atomic mass is 10.1. The van der Waals surface area contributed by atoms with Crippen LogP contribution in [0.4, 0.5) is 10.2 Å². The summed E-state index contributed by atoms with van der Waals surface area (Å²) in [4.78, 5) is 8.33. The molecule has 8 nitrogen and oxygen atoms in total. The van der Waals surface area contributed by atoms with Gasteiger partial charge in [0.15, 0.2) is 12.4 Å². The lowest BCUT2D eigenvalue weighted by Gasteiger charge is -2.31. The van der Waals surface area contributed by atoms with Gasteiger partial charge in [-0.3, -0.25) is 9.89 Å². The number of halogens is 2. The van der Waals surface area contributed by atoms with E-state index in [1.807, 2.05) is 6.07 Å². The van der Waals surface area contributed by atoms with E-state index in [9.17, 15) is 14.8 Å². The highest BCUT2D eigenvalue weighted by atomic mass is 79.9. The van der Waals surface area contributed by atoms with Gasteiger partial charge < -0.3 is 25.7 Å². The summed E-state index contributed by atoms with van der Waals surface area (Å²) in [6, 6.07) is 2.01. The third kappa shape index (κ3) is 2.13. The van der Waals surface area contributed by atoms with Gasteiger partial charge in [-0.2, -0.15) is 5.26 Å². The Morgan fingerprint density at radius 1 is 1.64 bits per heavy atom. The fourth-order valence-electron chi connectivity index (χ4n) is 2.63. The van der Waals surface area contributed by atoms with Gasteiger partial charge >= 0.3 is 0 Å². The smallest absolute Gasteiger partial charge is 0.166 e. The number of ether oxygens (including phenoxy) is 1. The monoisotopic (exact) mass is 373 g/mol. The molecule has 118 valence electrons. The van der Waals surface area contributed by atoms with Crippen LogP contribution >= 0.6 is 15.9 Å².